The molecule has 3 aromatic carbocycles. The van der Waals surface area contributed by atoms with Crippen LogP contribution in [0.4, 0.5) is 17.1 Å². The Hall–Kier alpha value is -3.07. The van der Waals surface area contributed by atoms with Crippen LogP contribution in [0.5, 0.6) is 0 Å². The third kappa shape index (κ3) is 5.96. The third-order valence-electron chi connectivity index (χ3n) is 5.87. The van der Waals surface area contributed by atoms with Crippen molar-refractivity contribution < 1.29 is 17.9 Å². The molecular formula is C26H28ClN3O4S. The highest BCUT2D eigenvalue weighted by Crippen LogP contribution is 2.28. The number of aryl methyl sites for hydroxylation is 2. The Morgan fingerprint density at radius 3 is 2.29 bits per heavy atom. The van der Waals surface area contributed by atoms with Crippen LogP contribution in [0, 0.1) is 13.8 Å². The van der Waals surface area contributed by atoms with E-state index in [9.17, 15) is 13.2 Å². The lowest BCUT2D eigenvalue weighted by molar-refractivity contribution is -0.114. The molecule has 0 atom stereocenters. The molecule has 3 aromatic rings. The second-order valence-electron chi connectivity index (χ2n) is 8.45. The first kappa shape index (κ1) is 25.0. The molecule has 1 saturated heterocycles. The molecule has 1 aliphatic heterocycles. The maximum absolute atomic E-state index is 13.5. The molecule has 0 bridgehead atoms. The summed E-state index contributed by atoms with van der Waals surface area (Å²) in [6, 6.07) is 19.0. The van der Waals surface area contributed by atoms with Gasteiger partial charge in [0.05, 0.1) is 23.8 Å². The van der Waals surface area contributed by atoms with E-state index in [1.165, 1.54) is 12.1 Å². The fraction of sp³-hybridized carbons (Fsp3) is 0.269. The molecule has 1 heterocycles. The molecule has 1 aliphatic rings. The van der Waals surface area contributed by atoms with Gasteiger partial charge in [-0.25, -0.2) is 8.42 Å². The minimum absolute atomic E-state index is 0.0995. The molecule has 1 N–H and O–H groups in total. The molecule has 9 heteroatoms. The number of halogens is 1. The second-order valence-corrected chi connectivity index (χ2v) is 10.7. The van der Waals surface area contributed by atoms with Crippen molar-refractivity contribution in [1.82, 2.24) is 0 Å². The van der Waals surface area contributed by atoms with E-state index in [2.05, 4.69) is 10.2 Å². The minimum atomic E-state index is -4.01. The summed E-state index contributed by atoms with van der Waals surface area (Å²) in [4.78, 5) is 15.3. The number of hydrogen-bond donors (Lipinski definition) is 1. The van der Waals surface area contributed by atoms with Gasteiger partial charge in [-0.3, -0.25) is 9.10 Å². The molecular weight excluding hydrogens is 486 g/mol. The van der Waals surface area contributed by atoms with Gasteiger partial charge in [0.25, 0.3) is 10.0 Å². The van der Waals surface area contributed by atoms with Crippen LogP contribution in [0.15, 0.2) is 71.6 Å². The lowest BCUT2D eigenvalue weighted by Crippen LogP contribution is -2.38. The quantitative estimate of drug-likeness (QED) is 0.498. The van der Waals surface area contributed by atoms with Gasteiger partial charge in [-0.15, -0.1) is 0 Å². The molecule has 0 saturated carbocycles. The Labute approximate surface area is 211 Å². The molecule has 0 unspecified atom stereocenters. The number of carbonyl (C=O) groups is 1. The summed E-state index contributed by atoms with van der Waals surface area (Å²) in [7, 11) is -4.01. The summed E-state index contributed by atoms with van der Waals surface area (Å²) in [5.74, 6) is -0.462. The molecule has 1 amide bonds. The molecule has 0 aromatic heterocycles. The van der Waals surface area contributed by atoms with Gasteiger partial charge in [-0.2, -0.15) is 0 Å². The average Bonchev–Trinajstić information content (AvgIpc) is 2.85. The fourth-order valence-corrected chi connectivity index (χ4v) is 5.39. The number of anilines is 3. The molecule has 0 radical (unpaired) electrons. The van der Waals surface area contributed by atoms with Crippen molar-refractivity contribution in [3.05, 3.63) is 82.9 Å². The third-order valence-corrected chi connectivity index (χ3v) is 8.06. The van der Waals surface area contributed by atoms with E-state index < -0.39 is 22.5 Å². The Kier molecular flexibility index (Phi) is 7.64. The maximum Gasteiger partial charge on any atom is 0.264 e. The number of sulfonamides is 1. The standard InChI is InChI=1S/C26H28ClN3O4S/c1-19-3-11-24(12-4-19)35(32,33)30(23-8-5-20(2)25(27)17-23)18-26(31)28-21-6-9-22(10-7-21)29-13-15-34-16-14-29/h3-12,17H,13-16,18H2,1-2H3,(H,28,31). The SMILES string of the molecule is Cc1ccc(S(=O)(=O)N(CC(=O)Nc2ccc(N3CCOCC3)cc2)c2ccc(C)c(Cl)c2)cc1. The summed E-state index contributed by atoms with van der Waals surface area (Å²) in [5, 5.41) is 3.23. The normalized spacial score (nSPS) is 14.0. The number of hydrogen-bond acceptors (Lipinski definition) is 5. The smallest absolute Gasteiger partial charge is 0.264 e. The topological polar surface area (TPSA) is 79.0 Å². The lowest BCUT2D eigenvalue weighted by atomic mass is 10.2. The highest BCUT2D eigenvalue weighted by molar-refractivity contribution is 7.92. The Morgan fingerprint density at radius 1 is 1.00 bits per heavy atom. The van der Waals surface area contributed by atoms with E-state index in [1.807, 2.05) is 38.1 Å². The second kappa shape index (κ2) is 10.7. The zero-order valence-electron chi connectivity index (χ0n) is 19.7. The number of amides is 1. The predicted octanol–water partition coefficient (Wildman–Crippen LogP) is 4.63. The van der Waals surface area contributed by atoms with Gasteiger partial charge in [0.15, 0.2) is 0 Å². The number of ether oxygens (including phenoxy) is 1. The van der Waals surface area contributed by atoms with Gasteiger partial charge in [-0.1, -0.05) is 35.4 Å². The number of nitrogens with zero attached hydrogens (tertiary/aromatic N) is 2. The van der Waals surface area contributed by atoms with Crippen LogP contribution in [-0.4, -0.2) is 47.2 Å². The summed E-state index contributed by atoms with van der Waals surface area (Å²) in [6.45, 7) is 6.32. The fourth-order valence-electron chi connectivity index (χ4n) is 3.80. The zero-order chi connectivity index (χ0) is 25.0. The van der Waals surface area contributed by atoms with Crippen LogP contribution in [0.3, 0.4) is 0 Å². The molecule has 1 fully saturated rings. The first-order chi connectivity index (χ1) is 16.7. The maximum atomic E-state index is 13.5. The number of benzene rings is 3. The Bertz CT molecular complexity index is 1290. The first-order valence-electron chi connectivity index (χ1n) is 11.3. The molecule has 35 heavy (non-hydrogen) atoms. The highest BCUT2D eigenvalue weighted by Gasteiger charge is 2.27. The molecule has 4 rings (SSSR count). The van der Waals surface area contributed by atoms with Crippen molar-refractivity contribution in [2.75, 3.05) is 47.4 Å². The Morgan fingerprint density at radius 2 is 1.66 bits per heavy atom. The van der Waals surface area contributed by atoms with Crippen molar-refractivity contribution in [2.45, 2.75) is 18.7 Å². The van der Waals surface area contributed by atoms with E-state index in [0.717, 1.165) is 34.2 Å². The summed E-state index contributed by atoms with van der Waals surface area (Å²) in [5.41, 5.74) is 3.70. The van der Waals surface area contributed by atoms with E-state index >= 15 is 0 Å². The van der Waals surface area contributed by atoms with Crippen LogP contribution in [0.1, 0.15) is 11.1 Å². The van der Waals surface area contributed by atoms with Gasteiger partial charge in [0, 0.05) is 29.5 Å². The van der Waals surface area contributed by atoms with Crippen molar-refractivity contribution in [3.8, 4) is 0 Å². The van der Waals surface area contributed by atoms with Crippen LogP contribution in [-0.2, 0) is 19.6 Å². The largest absolute Gasteiger partial charge is 0.378 e. The number of morpholine rings is 1. The van der Waals surface area contributed by atoms with Crippen molar-refractivity contribution in [1.29, 1.82) is 0 Å². The Balaban J connectivity index is 1.56. The molecule has 7 nitrogen and oxygen atoms in total. The van der Waals surface area contributed by atoms with E-state index in [1.54, 1.807) is 30.3 Å². The van der Waals surface area contributed by atoms with Crippen LogP contribution >= 0.6 is 11.6 Å². The van der Waals surface area contributed by atoms with E-state index in [0.29, 0.717) is 29.6 Å². The number of carbonyl (C=O) groups excluding carboxylic acids is 1. The zero-order valence-corrected chi connectivity index (χ0v) is 21.3. The lowest BCUT2D eigenvalue weighted by Gasteiger charge is -2.29. The van der Waals surface area contributed by atoms with E-state index in [4.69, 9.17) is 16.3 Å². The molecule has 0 spiro atoms. The average molecular weight is 514 g/mol. The van der Waals surface area contributed by atoms with Gasteiger partial charge in [0.1, 0.15) is 6.54 Å². The van der Waals surface area contributed by atoms with E-state index in [-0.39, 0.29) is 4.90 Å². The van der Waals surface area contributed by atoms with Gasteiger partial charge < -0.3 is 15.0 Å². The van der Waals surface area contributed by atoms with Gasteiger partial charge in [-0.05, 0) is 67.9 Å². The summed E-state index contributed by atoms with van der Waals surface area (Å²) < 4.78 is 33.5. The molecule has 184 valence electrons. The first-order valence-corrected chi connectivity index (χ1v) is 13.1. The minimum Gasteiger partial charge on any atom is -0.378 e. The van der Waals surface area contributed by atoms with Crippen molar-refractivity contribution in [2.24, 2.45) is 0 Å². The summed E-state index contributed by atoms with van der Waals surface area (Å²) in [6.07, 6.45) is 0. The number of nitrogens with one attached hydrogen (secondary N) is 1. The van der Waals surface area contributed by atoms with Gasteiger partial charge >= 0.3 is 0 Å². The molecule has 0 aliphatic carbocycles. The summed E-state index contributed by atoms with van der Waals surface area (Å²) >= 11 is 6.29. The van der Waals surface area contributed by atoms with Crippen LogP contribution < -0.4 is 14.5 Å². The highest BCUT2D eigenvalue weighted by atomic mass is 35.5. The van der Waals surface area contributed by atoms with Crippen LogP contribution in [0.2, 0.25) is 5.02 Å². The monoisotopic (exact) mass is 513 g/mol. The number of rotatable bonds is 7. The predicted molar refractivity (Wildman–Crippen MR) is 140 cm³/mol. The van der Waals surface area contributed by atoms with Crippen LogP contribution in [0.25, 0.3) is 0 Å². The van der Waals surface area contributed by atoms with Gasteiger partial charge in [0.2, 0.25) is 5.91 Å². The van der Waals surface area contributed by atoms with Crippen molar-refractivity contribution in [3.63, 3.8) is 0 Å². The van der Waals surface area contributed by atoms with Crippen molar-refractivity contribution >= 4 is 44.6 Å².